The van der Waals surface area contributed by atoms with Crippen LogP contribution in [0.5, 0.6) is 11.5 Å². The van der Waals surface area contributed by atoms with Crippen LogP contribution >= 0.6 is 0 Å². The molecule has 7 nitrogen and oxygen atoms in total. The van der Waals surface area contributed by atoms with E-state index in [2.05, 4.69) is 42.1 Å². The van der Waals surface area contributed by atoms with Gasteiger partial charge in [-0.3, -0.25) is 0 Å². The molecule has 0 amide bonds. The number of carbonyl (C=O) groups is 1. The second kappa shape index (κ2) is 14.2. The van der Waals surface area contributed by atoms with Gasteiger partial charge in [0.25, 0.3) is 0 Å². The monoisotopic (exact) mass is 646 g/mol. The van der Waals surface area contributed by atoms with Gasteiger partial charge in [-0.05, 0) is 71.5 Å². The van der Waals surface area contributed by atoms with Crippen molar-refractivity contribution in [3.05, 3.63) is 125 Å². The lowest BCUT2D eigenvalue weighted by atomic mass is 9.76. The van der Waals surface area contributed by atoms with Crippen molar-refractivity contribution >= 4 is 17.4 Å². The second-order valence-electron chi connectivity index (χ2n) is 12.0. The van der Waals surface area contributed by atoms with E-state index in [4.69, 9.17) is 14.3 Å². The summed E-state index contributed by atoms with van der Waals surface area (Å²) < 4.78 is 50.1. The summed E-state index contributed by atoms with van der Waals surface area (Å²) >= 11 is 0. The predicted octanol–water partition coefficient (Wildman–Crippen LogP) is 7.75. The van der Waals surface area contributed by atoms with Crippen LogP contribution in [0.2, 0.25) is 0 Å². The summed E-state index contributed by atoms with van der Waals surface area (Å²) in [7, 11) is 1.55. The average Bonchev–Trinajstić information content (AvgIpc) is 3.05. The first-order valence-corrected chi connectivity index (χ1v) is 15.3. The number of benzene rings is 4. The van der Waals surface area contributed by atoms with Crippen LogP contribution in [0.1, 0.15) is 48.1 Å². The fourth-order valence-electron chi connectivity index (χ4n) is 5.64. The number of rotatable bonds is 12. The molecule has 1 aliphatic heterocycles. The van der Waals surface area contributed by atoms with Gasteiger partial charge in [-0.15, -0.1) is 0 Å². The van der Waals surface area contributed by atoms with Crippen LogP contribution in [-0.2, 0) is 27.6 Å². The van der Waals surface area contributed by atoms with Crippen LogP contribution in [0.3, 0.4) is 0 Å². The zero-order chi connectivity index (χ0) is 33.6. The van der Waals surface area contributed by atoms with E-state index in [-0.39, 0.29) is 17.6 Å². The summed E-state index contributed by atoms with van der Waals surface area (Å²) in [4.78, 5) is 19.3. The number of hydrogen-bond acceptors (Lipinski definition) is 6. The van der Waals surface area contributed by atoms with E-state index in [1.165, 1.54) is 5.56 Å². The van der Waals surface area contributed by atoms with Crippen LogP contribution in [0.15, 0.2) is 102 Å². The third-order valence-corrected chi connectivity index (χ3v) is 8.29. The first-order valence-electron chi connectivity index (χ1n) is 15.3. The van der Waals surface area contributed by atoms with Crippen molar-refractivity contribution in [3.63, 3.8) is 0 Å². The normalized spacial score (nSPS) is 15.0. The van der Waals surface area contributed by atoms with Gasteiger partial charge in [-0.2, -0.15) is 13.2 Å². The van der Waals surface area contributed by atoms with Crippen LogP contribution < -0.4 is 14.4 Å². The molecule has 1 N–H and O–H groups in total. The van der Waals surface area contributed by atoms with E-state index in [0.29, 0.717) is 24.5 Å². The first kappa shape index (κ1) is 33.4. The number of hydrogen-bond donors (Lipinski definition) is 1. The van der Waals surface area contributed by atoms with Crippen LogP contribution in [0.4, 0.5) is 18.9 Å². The minimum Gasteiger partial charge on any atom is -0.492 e. The molecule has 4 aromatic carbocycles. The highest BCUT2D eigenvalue weighted by Crippen LogP contribution is 2.40. The third kappa shape index (κ3) is 8.24. The van der Waals surface area contributed by atoms with E-state index < -0.39 is 23.8 Å². The van der Waals surface area contributed by atoms with Gasteiger partial charge in [0.2, 0.25) is 0 Å². The van der Waals surface area contributed by atoms with Gasteiger partial charge in [-0.25, -0.2) is 4.79 Å². The number of alkyl halides is 3. The number of fused-ring (bicyclic) bond motifs is 1. The number of aliphatic carboxylic acids is 1. The molecule has 0 bridgehead atoms. The summed E-state index contributed by atoms with van der Waals surface area (Å²) in [5, 5.41) is 14.0. The highest BCUT2D eigenvalue weighted by Gasteiger charge is 2.32. The van der Waals surface area contributed by atoms with Gasteiger partial charge in [-0.1, -0.05) is 67.5 Å². The average molecular weight is 647 g/mol. The second-order valence-corrected chi connectivity index (χ2v) is 12.0. The molecule has 0 radical (unpaired) electrons. The van der Waals surface area contributed by atoms with Crippen LogP contribution in [0, 0.1) is 0 Å². The Hall–Kier alpha value is -4.99. The number of oxime groups is 1. The van der Waals surface area contributed by atoms with Crippen LogP contribution in [0.25, 0.3) is 0 Å². The van der Waals surface area contributed by atoms with Crippen molar-refractivity contribution in [2.24, 2.45) is 5.16 Å². The number of ether oxygens (including phenoxy) is 2. The number of nitrogens with zero attached hydrogens (tertiary/aromatic N) is 2. The highest BCUT2D eigenvalue weighted by molar-refractivity contribution is 6.13. The van der Waals surface area contributed by atoms with E-state index in [1.807, 2.05) is 30.3 Å². The maximum absolute atomic E-state index is 12.8. The third-order valence-electron chi connectivity index (χ3n) is 8.29. The van der Waals surface area contributed by atoms with Gasteiger partial charge < -0.3 is 24.3 Å². The molecule has 0 spiro atoms. The molecule has 1 atom stereocenters. The largest absolute Gasteiger partial charge is 0.492 e. The molecule has 10 heteroatoms. The molecule has 5 rings (SSSR count). The van der Waals surface area contributed by atoms with E-state index in [1.54, 1.807) is 31.4 Å². The summed E-state index contributed by atoms with van der Waals surface area (Å²) in [6, 6.07) is 27.4. The molecule has 4 aromatic rings. The summed E-state index contributed by atoms with van der Waals surface area (Å²) in [5.41, 5.74) is 4.95. The SMILES string of the molecule is CON=C(c1ccccc1)c1ccc2c(c1)C(C)(C)CCN2CCOc1ccc(CC(Oc2ccc(C(F)(F)F)cc2)C(=O)O)cc1. The fraction of sp³-hybridized carbons (Fsp3) is 0.297. The lowest BCUT2D eigenvalue weighted by molar-refractivity contribution is -0.145. The highest BCUT2D eigenvalue weighted by atomic mass is 19.4. The van der Waals surface area contributed by atoms with Gasteiger partial charge in [0.15, 0.2) is 6.10 Å². The van der Waals surface area contributed by atoms with E-state index >= 15 is 0 Å². The topological polar surface area (TPSA) is 80.6 Å². The molecule has 0 saturated carbocycles. The van der Waals surface area contributed by atoms with Crippen molar-refractivity contribution < 1.29 is 37.4 Å². The molecule has 0 aliphatic carbocycles. The van der Waals surface area contributed by atoms with Crippen LogP contribution in [-0.4, -0.2) is 49.7 Å². The van der Waals surface area contributed by atoms with Crippen molar-refractivity contribution in [3.8, 4) is 11.5 Å². The van der Waals surface area contributed by atoms with Gasteiger partial charge in [0, 0.05) is 29.8 Å². The molecule has 246 valence electrons. The van der Waals surface area contributed by atoms with E-state index in [0.717, 1.165) is 59.8 Å². The Kier molecular flexibility index (Phi) is 10.1. The Morgan fingerprint density at radius 3 is 2.26 bits per heavy atom. The number of carboxylic acids is 1. The molecule has 1 aliphatic rings. The lowest BCUT2D eigenvalue weighted by Gasteiger charge is -2.40. The molecule has 0 fully saturated rings. The minimum absolute atomic E-state index is 0.0278. The molecule has 1 unspecified atom stereocenters. The molecule has 0 saturated heterocycles. The Morgan fingerprint density at radius 1 is 0.936 bits per heavy atom. The van der Waals surface area contributed by atoms with Crippen molar-refractivity contribution in [1.29, 1.82) is 0 Å². The Balaban J connectivity index is 1.20. The van der Waals surface area contributed by atoms with Crippen molar-refractivity contribution in [2.45, 2.75) is 44.4 Å². The number of halogens is 3. The molecule has 47 heavy (non-hydrogen) atoms. The predicted molar refractivity (Wildman–Crippen MR) is 175 cm³/mol. The molecular formula is C37H37F3N2O5. The van der Waals surface area contributed by atoms with Gasteiger partial charge >= 0.3 is 12.1 Å². The standard InChI is InChI=1S/C37H37F3N2O5/c1-36(2)19-20-42(32-18-11-27(24-31(32)36)34(41-45-3)26-7-5-4-6-8-26)21-22-46-29-14-9-25(10-15-29)23-33(35(43)44)47-30-16-12-28(13-17-30)37(38,39)40/h4-18,24,33H,19-23H2,1-3H3,(H,43,44). The Labute approximate surface area is 272 Å². The van der Waals surface area contributed by atoms with E-state index in [9.17, 15) is 23.1 Å². The van der Waals surface area contributed by atoms with Crippen molar-refractivity contribution in [1.82, 2.24) is 0 Å². The molecule has 0 aromatic heterocycles. The quantitative estimate of drug-likeness (QED) is 0.125. The summed E-state index contributed by atoms with van der Waals surface area (Å²) in [5.74, 6) is -0.533. The molecule has 1 heterocycles. The zero-order valence-electron chi connectivity index (χ0n) is 26.5. The Morgan fingerprint density at radius 2 is 1.62 bits per heavy atom. The summed E-state index contributed by atoms with van der Waals surface area (Å²) in [6.07, 6.45) is -4.76. The maximum Gasteiger partial charge on any atom is 0.416 e. The summed E-state index contributed by atoms with van der Waals surface area (Å²) in [6.45, 7) is 6.50. The molecular weight excluding hydrogens is 609 g/mol. The Bertz CT molecular complexity index is 1690. The van der Waals surface area contributed by atoms with Crippen molar-refractivity contribution in [2.75, 3.05) is 31.7 Å². The number of carboxylic acid groups (broad SMARTS) is 1. The van der Waals surface area contributed by atoms with Gasteiger partial charge in [0.1, 0.15) is 30.9 Å². The number of anilines is 1. The zero-order valence-corrected chi connectivity index (χ0v) is 26.5. The lowest BCUT2D eigenvalue weighted by Crippen LogP contribution is -2.39. The maximum atomic E-state index is 12.8. The first-order chi connectivity index (χ1) is 22.4. The van der Waals surface area contributed by atoms with Gasteiger partial charge in [0.05, 0.1) is 12.1 Å². The fourth-order valence-corrected chi connectivity index (χ4v) is 5.64. The smallest absolute Gasteiger partial charge is 0.416 e. The minimum atomic E-state index is -4.49.